The van der Waals surface area contributed by atoms with Crippen LogP contribution in [0.25, 0.3) is 11.0 Å². The molecule has 128 valence electrons. The van der Waals surface area contributed by atoms with Gasteiger partial charge in [-0.15, -0.1) is 0 Å². The molecular formula is C18H24N4O2. The van der Waals surface area contributed by atoms with E-state index in [9.17, 15) is 9.59 Å². The van der Waals surface area contributed by atoms with Crippen LogP contribution in [-0.2, 0) is 9.59 Å². The summed E-state index contributed by atoms with van der Waals surface area (Å²) >= 11 is 0. The number of aromatic nitrogens is 2. The predicted molar refractivity (Wildman–Crippen MR) is 92.2 cm³/mol. The third-order valence-electron chi connectivity index (χ3n) is 4.38. The number of amides is 2. The van der Waals surface area contributed by atoms with Crippen molar-refractivity contribution in [3.8, 4) is 0 Å². The van der Waals surface area contributed by atoms with Gasteiger partial charge in [-0.2, -0.15) is 0 Å². The highest BCUT2D eigenvalue weighted by atomic mass is 16.2. The van der Waals surface area contributed by atoms with Crippen LogP contribution in [0.3, 0.4) is 0 Å². The number of hydrogen-bond donors (Lipinski definition) is 2. The molecule has 1 aromatic heterocycles. The van der Waals surface area contributed by atoms with E-state index in [4.69, 9.17) is 0 Å². The first-order valence-corrected chi connectivity index (χ1v) is 8.38. The Bertz CT molecular complexity index is 727. The second kappa shape index (κ2) is 6.26. The molecule has 1 aliphatic rings. The summed E-state index contributed by atoms with van der Waals surface area (Å²) in [5.74, 6) is 0.648. The molecule has 0 bridgehead atoms. The summed E-state index contributed by atoms with van der Waals surface area (Å²) in [6, 6.07) is 7.81. The second-order valence-electron chi connectivity index (χ2n) is 7.32. The molecule has 1 aliphatic heterocycles. The van der Waals surface area contributed by atoms with Gasteiger partial charge in [0.25, 0.3) is 0 Å². The maximum absolute atomic E-state index is 12.5. The third kappa shape index (κ3) is 3.27. The second-order valence-corrected chi connectivity index (χ2v) is 7.32. The number of H-pyrrole nitrogens is 1. The molecule has 0 saturated carbocycles. The Hall–Kier alpha value is -2.37. The maximum Gasteiger partial charge on any atom is 0.242 e. The van der Waals surface area contributed by atoms with Gasteiger partial charge in [0, 0.05) is 12.0 Å². The fraction of sp³-hybridized carbons (Fsp3) is 0.500. The van der Waals surface area contributed by atoms with Gasteiger partial charge in [0.1, 0.15) is 5.82 Å². The molecular weight excluding hydrogens is 304 g/mol. The van der Waals surface area contributed by atoms with Gasteiger partial charge in [-0.3, -0.25) is 9.59 Å². The number of carbonyl (C=O) groups is 2. The molecule has 1 aromatic carbocycles. The van der Waals surface area contributed by atoms with Crippen molar-refractivity contribution < 1.29 is 9.59 Å². The lowest BCUT2D eigenvalue weighted by Gasteiger charge is -2.24. The molecule has 1 atom stereocenters. The molecule has 0 aliphatic carbocycles. The van der Waals surface area contributed by atoms with Crippen LogP contribution in [0.5, 0.6) is 0 Å². The van der Waals surface area contributed by atoms with Gasteiger partial charge >= 0.3 is 0 Å². The third-order valence-corrected chi connectivity index (χ3v) is 4.38. The Morgan fingerprint density at radius 1 is 1.33 bits per heavy atom. The van der Waals surface area contributed by atoms with E-state index in [-0.39, 0.29) is 24.4 Å². The molecule has 2 aromatic rings. The van der Waals surface area contributed by atoms with Crippen molar-refractivity contribution in [1.29, 1.82) is 0 Å². The molecule has 0 spiro atoms. The Kier molecular flexibility index (Phi) is 4.30. The van der Waals surface area contributed by atoms with Gasteiger partial charge < -0.3 is 15.2 Å². The quantitative estimate of drug-likeness (QED) is 0.908. The van der Waals surface area contributed by atoms with Gasteiger partial charge in [-0.05, 0) is 25.0 Å². The van der Waals surface area contributed by atoms with E-state index in [1.807, 2.05) is 49.9 Å². The average molecular weight is 328 g/mol. The number of aromatic amines is 1. The van der Waals surface area contributed by atoms with E-state index in [0.717, 1.165) is 29.7 Å². The van der Waals surface area contributed by atoms with Crippen LogP contribution >= 0.6 is 0 Å². The Morgan fingerprint density at radius 3 is 2.79 bits per heavy atom. The first-order valence-electron chi connectivity index (χ1n) is 8.38. The van der Waals surface area contributed by atoms with Crippen molar-refractivity contribution in [2.45, 2.75) is 39.7 Å². The van der Waals surface area contributed by atoms with Crippen LogP contribution in [0.15, 0.2) is 24.3 Å². The lowest BCUT2D eigenvalue weighted by atomic mass is 9.96. The Labute approximate surface area is 141 Å². The summed E-state index contributed by atoms with van der Waals surface area (Å²) < 4.78 is 0. The first kappa shape index (κ1) is 16.5. The number of carbonyl (C=O) groups excluding carboxylic acids is 2. The van der Waals surface area contributed by atoms with Gasteiger partial charge in [-0.25, -0.2) is 4.98 Å². The van der Waals surface area contributed by atoms with Crippen LogP contribution in [-0.4, -0.2) is 39.8 Å². The molecule has 0 radical (unpaired) electrons. The number of nitrogens with zero attached hydrogens (tertiary/aromatic N) is 2. The van der Waals surface area contributed by atoms with Crippen LogP contribution in [0, 0.1) is 5.41 Å². The van der Waals surface area contributed by atoms with Gasteiger partial charge in [0.2, 0.25) is 11.8 Å². The molecule has 24 heavy (non-hydrogen) atoms. The highest BCUT2D eigenvalue weighted by Crippen LogP contribution is 2.31. The molecule has 6 heteroatoms. The summed E-state index contributed by atoms with van der Waals surface area (Å²) in [6.45, 7) is 6.23. The number of nitrogens with one attached hydrogen (secondary N) is 2. The summed E-state index contributed by atoms with van der Waals surface area (Å²) in [6.07, 6.45) is 1.83. The number of likely N-dealkylation sites (tertiary alicyclic amines) is 1. The standard InChI is InChI=1S/C18H24N4O2/c1-18(2,3)17(24)19-11-15(23)22-10-6-9-14(22)16-20-12-7-4-5-8-13(12)21-16/h4-5,7-8,14H,6,9-11H2,1-3H3,(H,19,24)(H,20,21). The zero-order valence-electron chi connectivity index (χ0n) is 14.4. The minimum atomic E-state index is -0.497. The summed E-state index contributed by atoms with van der Waals surface area (Å²) in [5, 5.41) is 2.74. The fourth-order valence-electron chi connectivity index (χ4n) is 3.00. The molecule has 3 rings (SSSR count). The SMILES string of the molecule is CC(C)(C)C(=O)NCC(=O)N1CCCC1c1nc2ccccc2[nH]1. The van der Waals surface area contributed by atoms with Crippen LogP contribution in [0.4, 0.5) is 0 Å². The molecule has 2 N–H and O–H groups in total. The van der Waals surface area contributed by atoms with E-state index in [1.165, 1.54) is 0 Å². The van der Waals surface area contributed by atoms with E-state index >= 15 is 0 Å². The molecule has 6 nitrogen and oxygen atoms in total. The summed E-state index contributed by atoms with van der Waals surface area (Å²) in [5.41, 5.74) is 1.39. The average Bonchev–Trinajstić information content (AvgIpc) is 3.16. The number of fused-ring (bicyclic) bond motifs is 1. The monoisotopic (exact) mass is 328 g/mol. The van der Waals surface area contributed by atoms with Crippen LogP contribution in [0.2, 0.25) is 0 Å². The predicted octanol–water partition coefficient (Wildman–Crippen LogP) is 2.39. The Morgan fingerprint density at radius 2 is 2.08 bits per heavy atom. The minimum Gasteiger partial charge on any atom is -0.347 e. The smallest absolute Gasteiger partial charge is 0.242 e. The highest BCUT2D eigenvalue weighted by molar-refractivity contribution is 5.87. The molecule has 2 heterocycles. The van der Waals surface area contributed by atoms with Crippen molar-refractivity contribution >= 4 is 22.8 Å². The minimum absolute atomic E-state index is 0.0346. The molecule has 1 unspecified atom stereocenters. The van der Waals surface area contributed by atoms with Crippen LogP contribution in [0.1, 0.15) is 45.5 Å². The number of hydrogen-bond acceptors (Lipinski definition) is 3. The number of benzene rings is 1. The molecule has 2 amide bonds. The number of para-hydroxylation sites is 2. The van der Waals surface area contributed by atoms with Crippen molar-refractivity contribution in [2.24, 2.45) is 5.41 Å². The number of rotatable bonds is 3. The lowest BCUT2D eigenvalue weighted by Crippen LogP contribution is -2.43. The van der Waals surface area contributed by atoms with E-state index < -0.39 is 5.41 Å². The van der Waals surface area contributed by atoms with Crippen molar-refractivity contribution in [3.05, 3.63) is 30.1 Å². The fourth-order valence-corrected chi connectivity index (χ4v) is 3.00. The zero-order valence-corrected chi connectivity index (χ0v) is 14.4. The lowest BCUT2D eigenvalue weighted by molar-refractivity contribution is -0.135. The largest absolute Gasteiger partial charge is 0.347 e. The van der Waals surface area contributed by atoms with Gasteiger partial charge in [-0.1, -0.05) is 32.9 Å². The maximum atomic E-state index is 12.5. The van der Waals surface area contributed by atoms with Crippen molar-refractivity contribution in [3.63, 3.8) is 0 Å². The van der Waals surface area contributed by atoms with E-state index in [1.54, 1.807) is 0 Å². The van der Waals surface area contributed by atoms with E-state index in [0.29, 0.717) is 6.54 Å². The van der Waals surface area contributed by atoms with Crippen molar-refractivity contribution in [1.82, 2.24) is 20.2 Å². The Balaban J connectivity index is 1.71. The van der Waals surface area contributed by atoms with Crippen LogP contribution < -0.4 is 5.32 Å². The molecule has 1 fully saturated rings. The van der Waals surface area contributed by atoms with Crippen molar-refractivity contribution in [2.75, 3.05) is 13.1 Å². The summed E-state index contributed by atoms with van der Waals surface area (Å²) in [4.78, 5) is 34.3. The van der Waals surface area contributed by atoms with Gasteiger partial charge in [0.05, 0.1) is 23.6 Å². The van der Waals surface area contributed by atoms with Gasteiger partial charge in [0.15, 0.2) is 0 Å². The zero-order chi connectivity index (χ0) is 17.3. The first-order chi connectivity index (χ1) is 11.4. The topological polar surface area (TPSA) is 78.1 Å². The van der Waals surface area contributed by atoms with E-state index in [2.05, 4.69) is 15.3 Å². The highest BCUT2D eigenvalue weighted by Gasteiger charge is 2.32. The number of imidazole rings is 1. The molecule has 1 saturated heterocycles. The normalized spacial score (nSPS) is 18.1. The summed E-state index contributed by atoms with van der Waals surface area (Å²) in [7, 11) is 0.